The van der Waals surface area contributed by atoms with Gasteiger partial charge < -0.3 is 10.1 Å². The molecular formula is C20H20BrNO. The second-order valence-electron chi connectivity index (χ2n) is 6.21. The van der Waals surface area contributed by atoms with Crippen LogP contribution < -0.4 is 10.1 Å². The van der Waals surface area contributed by atoms with Crippen molar-refractivity contribution < 1.29 is 4.74 Å². The number of hydrogen-bond acceptors (Lipinski definition) is 2. The summed E-state index contributed by atoms with van der Waals surface area (Å²) in [5.41, 5.74) is 3.93. The van der Waals surface area contributed by atoms with Gasteiger partial charge in [-0.2, -0.15) is 0 Å². The van der Waals surface area contributed by atoms with Gasteiger partial charge in [0.05, 0.1) is 12.6 Å². The van der Waals surface area contributed by atoms with Gasteiger partial charge in [-0.1, -0.05) is 40.2 Å². The first-order chi connectivity index (χ1) is 11.3. The molecule has 0 amide bonds. The van der Waals surface area contributed by atoms with Crippen molar-refractivity contribution in [3.8, 4) is 5.75 Å². The highest BCUT2D eigenvalue weighted by molar-refractivity contribution is 9.10. The Labute approximate surface area is 145 Å². The molecule has 1 N–H and O–H groups in total. The van der Waals surface area contributed by atoms with Crippen molar-refractivity contribution in [2.24, 2.45) is 5.92 Å². The fourth-order valence-corrected chi connectivity index (χ4v) is 4.28. The number of allylic oxidation sites excluding steroid dienone is 2. The van der Waals surface area contributed by atoms with E-state index in [0.717, 1.165) is 16.6 Å². The number of hydrogen-bond donors (Lipinski definition) is 1. The molecule has 0 spiro atoms. The van der Waals surface area contributed by atoms with Crippen molar-refractivity contribution >= 4 is 21.6 Å². The molecule has 2 aromatic rings. The molecule has 3 atom stereocenters. The second-order valence-corrected chi connectivity index (χ2v) is 7.13. The zero-order chi connectivity index (χ0) is 15.8. The van der Waals surface area contributed by atoms with Gasteiger partial charge in [-0.25, -0.2) is 0 Å². The maximum Gasteiger partial charge on any atom is 0.119 e. The number of halogens is 1. The van der Waals surface area contributed by atoms with Crippen LogP contribution in [-0.4, -0.2) is 6.61 Å². The molecular weight excluding hydrogens is 350 g/mol. The lowest BCUT2D eigenvalue weighted by molar-refractivity contribution is 0.338. The molecule has 0 saturated carbocycles. The summed E-state index contributed by atoms with van der Waals surface area (Å²) in [6.45, 7) is 2.73. The molecule has 23 heavy (non-hydrogen) atoms. The lowest BCUT2D eigenvalue weighted by atomic mass is 9.77. The summed E-state index contributed by atoms with van der Waals surface area (Å²) in [5, 5.41) is 3.76. The summed E-state index contributed by atoms with van der Waals surface area (Å²) < 4.78 is 6.83. The molecule has 4 rings (SSSR count). The normalized spacial score (nSPS) is 24.7. The van der Waals surface area contributed by atoms with E-state index < -0.39 is 0 Å². The smallest absolute Gasteiger partial charge is 0.119 e. The Morgan fingerprint density at radius 3 is 2.96 bits per heavy atom. The first kappa shape index (κ1) is 14.8. The molecule has 1 heterocycles. The average molecular weight is 370 g/mol. The van der Waals surface area contributed by atoms with E-state index in [1.165, 1.54) is 16.8 Å². The van der Waals surface area contributed by atoms with Crippen LogP contribution in [0.5, 0.6) is 5.75 Å². The highest BCUT2D eigenvalue weighted by Crippen LogP contribution is 2.50. The first-order valence-corrected chi connectivity index (χ1v) is 9.01. The predicted molar refractivity (Wildman–Crippen MR) is 98.1 cm³/mol. The molecule has 118 valence electrons. The van der Waals surface area contributed by atoms with Crippen molar-refractivity contribution in [1.82, 2.24) is 0 Å². The molecule has 0 radical (unpaired) electrons. The third-order valence-corrected chi connectivity index (χ3v) is 5.35. The summed E-state index contributed by atoms with van der Waals surface area (Å²) in [6.07, 6.45) is 5.81. The minimum absolute atomic E-state index is 0.345. The van der Waals surface area contributed by atoms with Gasteiger partial charge in [-0.15, -0.1) is 0 Å². The molecule has 2 nitrogen and oxygen atoms in total. The number of ether oxygens (including phenoxy) is 1. The van der Waals surface area contributed by atoms with Crippen molar-refractivity contribution in [2.75, 3.05) is 11.9 Å². The van der Waals surface area contributed by atoms with Crippen LogP contribution in [-0.2, 0) is 0 Å². The average Bonchev–Trinajstić information content (AvgIpc) is 3.04. The molecule has 2 aromatic carbocycles. The van der Waals surface area contributed by atoms with E-state index in [-0.39, 0.29) is 0 Å². The monoisotopic (exact) mass is 369 g/mol. The van der Waals surface area contributed by atoms with Crippen LogP contribution in [0.2, 0.25) is 0 Å². The van der Waals surface area contributed by atoms with Crippen LogP contribution in [0.15, 0.2) is 59.1 Å². The first-order valence-electron chi connectivity index (χ1n) is 8.21. The highest BCUT2D eigenvalue weighted by Gasteiger charge is 2.38. The molecule has 1 aliphatic heterocycles. The van der Waals surface area contributed by atoms with E-state index >= 15 is 0 Å². The van der Waals surface area contributed by atoms with Crippen LogP contribution in [0, 0.1) is 5.92 Å². The molecule has 0 fully saturated rings. The molecule has 0 saturated heterocycles. The van der Waals surface area contributed by atoms with Crippen LogP contribution >= 0.6 is 15.9 Å². The van der Waals surface area contributed by atoms with Gasteiger partial charge in [0.1, 0.15) is 5.75 Å². The van der Waals surface area contributed by atoms with Gasteiger partial charge in [0.25, 0.3) is 0 Å². The van der Waals surface area contributed by atoms with E-state index in [1.54, 1.807) is 0 Å². The van der Waals surface area contributed by atoms with Gasteiger partial charge >= 0.3 is 0 Å². The second kappa shape index (κ2) is 6.04. The molecule has 0 aromatic heterocycles. The standard InChI is InChI=1S/C20H20BrNO/c1-2-23-15-9-10-19-18(12-15)16-7-4-8-17(16)20(22-19)13-5-3-6-14(21)11-13/h3-7,9-12,16-17,20,22H,2,8H2,1H3/t16-,17+,20+/m1/s1. The van der Waals surface area contributed by atoms with Crippen molar-refractivity contribution in [3.63, 3.8) is 0 Å². The van der Waals surface area contributed by atoms with E-state index in [4.69, 9.17) is 4.74 Å². The molecule has 2 aliphatic rings. The van der Waals surface area contributed by atoms with Crippen LogP contribution in [0.25, 0.3) is 0 Å². The number of benzene rings is 2. The predicted octanol–water partition coefficient (Wildman–Crippen LogP) is 5.67. The molecule has 0 unspecified atom stereocenters. The SMILES string of the molecule is CCOc1ccc2c(c1)[C@@H]1C=CC[C@@H]1[C@H](c1cccc(Br)c1)N2. The topological polar surface area (TPSA) is 21.3 Å². The maximum atomic E-state index is 5.69. The fraction of sp³-hybridized carbons (Fsp3) is 0.300. The summed E-state index contributed by atoms with van der Waals surface area (Å²) in [4.78, 5) is 0. The third kappa shape index (κ3) is 2.67. The summed E-state index contributed by atoms with van der Waals surface area (Å²) in [7, 11) is 0. The fourth-order valence-electron chi connectivity index (χ4n) is 3.86. The minimum Gasteiger partial charge on any atom is -0.494 e. The van der Waals surface area contributed by atoms with Gasteiger partial charge in [-0.05, 0) is 60.7 Å². The van der Waals surface area contributed by atoms with Crippen LogP contribution in [0.3, 0.4) is 0 Å². The summed E-state index contributed by atoms with van der Waals surface area (Å²) in [6, 6.07) is 15.4. The Kier molecular flexibility index (Phi) is 3.90. The largest absolute Gasteiger partial charge is 0.494 e. The summed E-state index contributed by atoms with van der Waals surface area (Å²) >= 11 is 3.60. The van der Waals surface area contributed by atoms with Gasteiger partial charge in [0.2, 0.25) is 0 Å². The maximum absolute atomic E-state index is 5.69. The molecule has 0 bridgehead atoms. The van der Waals surface area contributed by atoms with Gasteiger partial charge in [0, 0.05) is 16.1 Å². The van der Waals surface area contributed by atoms with Crippen molar-refractivity contribution in [2.45, 2.75) is 25.3 Å². The van der Waals surface area contributed by atoms with E-state index in [1.807, 2.05) is 6.92 Å². The van der Waals surface area contributed by atoms with Crippen molar-refractivity contribution in [3.05, 3.63) is 70.2 Å². The minimum atomic E-state index is 0.345. The number of anilines is 1. The van der Waals surface area contributed by atoms with Crippen LogP contribution in [0.4, 0.5) is 5.69 Å². The third-order valence-electron chi connectivity index (χ3n) is 4.85. The lowest BCUT2D eigenvalue weighted by Gasteiger charge is -2.37. The Balaban J connectivity index is 1.74. The lowest BCUT2D eigenvalue weighted by Crippen LogP contribution is -2.29. The van der Waals surface area contributed by atoms with E-state index in [9.17, 15) is 0 Å². The van der Waals surface area contributed by atoms with Gasteiger partial charge in [-0.3, -0.25) is 0 Å². The highest BCUT2D eigenvalue weighted by atomic mass is 79.9. The quantitative estimate of drug-likeness (QED) is 0.703. The van der Waals surface area contributed by atoms with Gasteiger partial charge in [0.15, 0.2) is 0 Å². The Morgan fingerprint density at radius 2 is 2.13 bits per heavy atom. The van der Waals surface area contributed by atoms with E-state index in [2.05, 4.69) is 75.9 Å². The van der Waals surface area contributed by atoms with Crippen molar-refractivity contribution in [1.29, 1.82) is 0 Å². The number of fused-ring (bicyclic) bond motifs is 3. The Hall–Kier alpha value is -1.74. The van der Waals surface area contributed by atoms with Crippen LogP contribution in [0.1, 0.15) is 36.4 Å². The Bertz CT molecular complexity index is 755. The zero-order valence-electron chi connectivity index (χ0n) is 13.1. The number of nitrogens with one attached hydrogen (secondary N) is 1. The molecule has 1 aliphatic carbocycles. The summed E-state index contributed by atoms with van der Waals surface area (Å²) in [5.74, 6) is 2.00. The number of rotatable bonds is 3. The Morgan fingerprint density at radius 1 is 1.22 bits per heavy atom. The van der Waals surface area contributed by atoms with E-state index in [0.29, 0.717) is 24.5 Å². The zero-order valence-corrected chi connectivity index (χ0v) is 14.7. The molecule has 3 heteroatoms.